The topological polar surface area (TPSA) is 72.3 Å². The summed E-state index contributed by atoms with van der Waals surface area (Å²) in [4.78, 5) is 22.7. The molecule has 6 nitrogen and oxygen atoms in total. The molecule has 380 valence electrons. The van der Waals surface area contributed by atoms with Crippen LogP contribution in [-0.4, -0.2) is 33.8 Å². The van der Waals surface area contributed by atoms with Gasteiger partial charge in [0.15, 0.2) is 0 Å². The number of rotatable bonds is 8. The lowest BCUT2D eigenvalue weighted by molar-refractivity contribution is -0.138. The van der Waals surface area contributed by atoms with Crippen LogP contribution in [0.15, 0.2) is 200 Å². The number of hydrogen-bond acceptors (Lipinski definition) is 4. The summed E-state index contributed by atoms with van der Waals surface area (Å²) in [6.45, 7) is 5.39. The van der Waals surface area contributed by atoms with Crippen molar-refractivity contribution in [3.63, 3.8) is 0 Å². The minimum Gasteiger partial charge on any atom is -0.699 e. The average molecular weight is 1030 g/mol. The second-order valence-electron chi connectivity index (χ2n) is 18.5. The zero-order valence-corrected chi connectivity index (χ0v) is 41.4. The third-order valence-corrected chi connectivity index (χ3v) is 13.4. The lowest BCUT2D eigenvalue weighted by atomic mass is 9.97. The lowest BCUT2D eigenvalue weighted by Crippen LogP contribution is -2.30. The van der Waals surface area contributed by atoms with Gasteiger partial charge in [-0.1, -0.05) is 145 Å². The van der Waals surface area contributed by atoms with Crippen molar-refractivity contribution >= 4 is 39.8 Å². The number of nitrogens with zero attached hydrogens (tertiary/aromatic N) is 3. The van der Waals surface area contributed by atoms with Crippen molar-refractivity contribution in [3.05, 3.63) is 261 Å². The third-order valence-electron chi connectivity index (χ3n) is 13.2. The van der Waals surface area contributed by atoms with Crippen LogP contribution in [0.25, 0.3) is 38.9 Å². The first-order chi connectivity index (χ1) is 36.1. The molecule has 0 bridgehead atoms. The monoisotopic (exact) mass is 1030 g/mol. The highest BCUT2D eigenvalue weighted by atomic mass is 35.5. The molecule has 11 rings (SSSR count). The van der Waals surface area contributed by atoms with E-state index in [-0.39, 0.29) is 5.91 Å². The van der Waals surface area contributed by atoms with Crippen molar-refractivity contribution in [3.8, 4) is 22.3 Å². The Hall–Kier alpha value is -7.77. The molecule has 1 amide bonds. The molecule has 1 aromatic heterocycles. The average Bonchev–Trinajstić information content (AvgIpc) is 3.41. The number of alkyl halides is 6. The number of carbonyl (C=O) groups excluding carboxylic acids is 1. The van der Waals surface area contributed by atoms with Gasteiger partial charge in [0.2, 0.25) is 0 Å². The fraction of sp³-hybridized carbons (Fsp3) is 0.161. The highest BCUT2D eigenvalue weighted by Crippen LogP contribution is 2.34. The number of carbonyl (C=O) groups is 1. The standard InChI is InChI=1S/C30H24ClF3N2O.C19H18N3.C13H9F3/c31-25-5-3-4-20(16-25)18-36-15-14-22-17-26(13-10-23(22)19-36)35-29(37)28-7-2-1-6-27(28)21-8-11-24(12-9-21)30(32,33)34;20-17-7-5-16-12-22(10-9-15(16)11-17)13-18-8-6-14-3-1-2-4-19(14)21-18;14-13(15,16)12-8-6-11(7-9-12)10-4-2-1-3-5-10/h1-13,16-17H,14-15,18-19H2,(H,35,37);1-8,11,20H,9-10,12-13H2;1-9H/q;-1;. The van der Waals surface area contributed by atoms with Crippen molar-refractivity contribution < 1.29 is 31.1 Å². The second kappa shape index (κ2) is 23.2. The molecule has 0 atom stereocenters. The summed E-state index contributed by atoms with van der Waals surface area (Å²) >= 11 is 6.12. The third kappa shape index (κ3) is 13.7. The second-order valence-corrected chi connectivity index (χ2v) is 19.0. The predicted octanol–water partition coefficient (Wildman–Crippen LogP) is 16.7. The van der Waals surface area contributed by atoms with Gasteiger partial charge in [-0.2, -0.15) is 26.3 Å². The van der Waals surface area contributed by atoms with E-state index < -0.39 is 23.5 Å². The first kappa shape index (κ1) is 52.1. The zero-order valence-electron chi connectivity index (χ0n) is 40.6. The van der Waals surface area contributed by atoms with Crippen LogP contribution in [0, 0.1) is 0 Å². The molecule has 0 spiro atoms. The van der Waals surface area contributed by atoms with Gasteiger partial charge in [0.1, 0.15) is 0 Å². The summed E-state index contributed by atoms with van der Waals surface area (Å²) < 4.78 is 75.8. The fourth-order valence-electron chi connectivity index (χ4n) is 9.34. The van der Waals surface area contributed by atoms with Crippen molar-refractivity contribution in [1.82, 2.24) is 14.8 Å². The SMILES string of the molecule is FC(F)(F)c1ccc(-c2ccccc2)cc1.O=C(Nc1ccc2c(c1)CCN(Cc1cccc(Cl)c1)C2)c1ccccc1-c1ccc(C(F)(F)F)cc1.[NH-]c1ccc2c(c1)CCN(Cc1ccc3ccccc3n1)C2. The van der Waals surface area contributed by atoms with Crippen LogP contribution in [0.5, 0.6) is 0 Å². The van der Waals surface area contributed by atoms with Crippen molar-refractivity contribution in [2.45, 2.75) is 51.4 Å². The number of nitrogens with one attached hydrogen (secondary N) is 2. The van der Waals surface area contributed by atoms with Crippen LogP contribution in [0.1, 0.15) is 55.0 Å². The molecule has 0 unspecified atom stereocenters. The fourth-order valence-corrected chi connectivity index (χ4v) is 9.55. The molecule has 0 radical (unpaired) electrons. The Labute approximate surface area is 437 Å². The van der Waals surface area contributed by atoms with Crippen LogP contribution < -0.4 is 5.32 Å². The van der Waals surface area contributed by atoms with Crippen LogP contribution in [0.4, 0.5) is 37.7 Å². The normalized spacial score (nSPS) is 13.6. The van der Waals surface area contributed by atoms with Crippen LogP contribution in [-0.2, 0) is 51.4 Å². The molecule has 75 heavy (non-hydrogen) atoms. The van der Waals surface area contributed by atoms with Gasteiger partial charge >= 0.3 is 12.4 Å². The molecular formula is C62H51ClF6N5O-. The van der Waals surface area contributed by atoms with Crippen LogP contribution in [0.3, 0.4) is 0 Å². The van der Waals surface area contributed by atoms with Gasteiger partial charge in [-0.25, -0.2) is 0 Å². The highest BCUT2D eigenvalue weighted by molar-refractivity contribution is 6.30. The van der Waals surface area contributed by atoms with Gasteiger partial charge in [0.25, 0.3) is 5.91 Å². The number of pyridine rings is 1. The Morgan fingerprint density at radius 1 is 0.547 bits per heavy atom. The Morgan fingerprint density at radius 3 is 1.81 bits per heavy atom. The first-order valence-electron chi connectivity index (χ1n) is 24.4. The van der Waals surface area contributed by atoms with Crippen molar-refractivity contribution in [1.29, 1.82) is 0 Å². The van der Waals surface area contributed by atoms with Gasteiger partial charge in [-0.05, 0) is 130 Å². The highest BCUT2D eigenvalue weighted by Gasteiger charge is 2.31. The molecule has 13 heteroatoms. The number of para-hydroxylation sites is 1. The van der Waals surface area contributed by atoms with Gasteiger partial charge in [-0.15, -0.1) is 5.69 Å². The van der Waals surface area contributed by atoms with Gasteiger partial charge in [0, 0.05) is 60.9 Å². The van der Waals surface area contributed by atoms with E-state index in [0.29, 0.717) is 28.1 Å². The van der Waals surface area contributed by atoms with E-state index in [9.17, 15) is 31.1 Å². The maximum absolute atomic E-state index is 13.2. The number of amides is 1. The smallest absolute Gasteiger partial charge is 0.416 e. The summed E-state index contributed by atoms with van der Waals surface area (Å²) in [6, 6.07) is 58.6. The van der Waals surface area contributed by atoms with Gasteiger partial charge in [0.05, 0.1) is 22.3 Å². The maximum Gasteiger partial charge on any atom is 0.416 e. The van der Waals surface area contributed by atoms with E-state index >= 15 is 0 Å². The van der Waals surface area contributed by atoms with E-state index in [4.69, 9.17) is 22.3 Å². The number of hydrogen-bond donors (Lipinski definition) is 1. The summed E-state index contributed by atoms with van der Waals surface area (Å²) in [7, 11) is 0. The summed E-state index contributed by atoms with van der Waals surface area (Å²) in [5.41, 5.74) is 19.3. The molecule has 9 aromatic rings. The molecule has 2 aliphatic rings. The Balaban J connectivity index is 0.000000153. The number of halogens is 7. The minimum atomic E-state index is -4.41. The Kier molecular flexibility index (Phi) is 16.1. The summed E-state index contributed by atoms with van der Waals surface area (Å²) in [5.74, 6) is -0.311. The van der Waals surface area contributed by atoms with Crippen LogP contribution >= 0.6 is 11.6 Å². The van der Waals surface area contributed by atoms with E-state index in [1.165, 1.54) is 57.5 Å². The predicted molar refractivity (Wildman–Crippen MR) is 287 cm³/mol. The molecule has 8 aromatic carbocycles. The molecule has 0 saturated carbocycles. The molecule has 0 aliphatic carbocycles. The minimum absolute atomic E-state index is 0.311. The quantitative estimate of drug-likeness (QED) is 0.154. The van der Waals surface area contributed by atoms with E-state index in [0.717, 1.165) is 104 Å². The zero-order chi connectivity index (χ0) is 52.5. The molecule has 2 aliphatic heterocycles. The summed E-state index contributed by atoms with van der Waals surface area (Å²) in [6.07, 6.45) is -6.79. The molecule has 0 saturated heterocycles. The molecule has 0 fully saturated rings. The Bertz CT molecular complexity index is 3400. The Morgan fingerprint density at radius 2 is 1.13 bits per heavy atom. The van der Waals surface area contributed by atoms with Crippen molar-refractivity contribution in [2.75, 3.05) is 18.4 Å². The van der Waals surface area contributed by atoms with Gasteiger partial charge in [-0.3, -0.25) is 19.6 Å². The first-order valence-corrected chi connectivity index (χ1v) is 24.8. The maximum atomic E-state index is 13.2. The molecule has 3 heterocycles. The number of anilines is 1. The summed E-state index contributed by atoms with van der Waals surface area (Å²) in [5, 5.41) is 4.89. The largest absolute Gasteiger partial charge is 0.699 e. The number of aromatic nitrogens is 1. The van der Waals surface area contributed by atoms with E-state index in [2.05, 4.69) is 51.5 Å². The number of fused-ring (bicyclic) bond motifs is 3. The van der Waals surface area contributed by atoms with Crippen molar-refractivity contribution in [2.24, 2.45) is 0 Å². The molecular weight excluding hydrogens is 980 g/mol. The van der Waals surface area contributed by atoms with Crippen LogP contribution in [0.2, 0.25) is 5.02 Å². The van der Waals surface area contributed by atoms with Gasteiger partial charge < -0.3 is 11.1 Å². The van der Waals surface area contributed by atoms with E-state index in [1.807, 2.05) is 91.0 Å². The number of benzene rings is 8. The molecule has 2 N–H and O–H groups in total. The lowest BCUT2D eigenvalue weighted by Gasteiger charge is -2.29. The van der Waals surface area contributed by atoms with E-state index in [1.54, 1.807) is 24.3 Å².